The van der Waals surface area contributed by atoms with E-state index in [-0.39, 0.29) is 11.4 Å². The van der Waals surface area contributed by atoms with Gasteiger partial charge in [-0.05, 0) is 42.0 Å². The lowest BCUT2D eigenvalue weighted by molar-refractivity contribution is -0.134. The van der Waals surface area contributed by atoms with E-state index in [2.05, 4.69) is 40.7 Å². The summed E-state index contributed by atoms with van der Waals surface area (Å²) in [6.45, 7) is 11.0. The van der Waals surface area contributed by atoms with Crippen LogP contribution in [0.15, 0.2) is 18.2 Å². The van der Waals surface area contributed by atoms with Crippen molar-refractivity contribution in [2.24, 2.45) is 0 Å². The van der Waals surface area contributed by atoms with E-state index >= 15 is 0 Å². The number of carbonyl (C=O) groups excluding carboxylic acids is 1. The fourth-order valence-corrected chi connectivity index (χ4v) is 4.01. The van der Waals surface area contributed by atoms with Crippen LogP contribution in [0.2, 0.25) is 0 Å². The Labute approximate surface area is 180 Å². The first-order valence-corrected chi connectivity index (χ1v) is 12.2. The molecule has 0 bridgehead atoms. The Bertz CT molecular complexity index is 568. The van der Waals surface area contributed by atoms with Gasteiger partial charge >= 0.3 is 5.97 Å². The summed E-state index contributed by atoms with van der Waals surface area (Å²) in [6, 6.07) is 6.00. The van der Waals surface area contributed by atoms with Crippen molar-refractivity contribution in [1.82, 2.24) is 0 Å². The van der Waals surface area contributed by atoms with Crippen LogP contribution in [0.4, 0.5) is 0 Å². The van der Waals surface area contributed by atoms with Crippen LogP contribution in [-0.2, 0) is 10.2 Å². The Morgan fingerprint density at radius 2 is 1.28 bits per heavy atom. The van der Waals surface area contributed by atoms with Crippen LogP contribution in [0.25, 0.3) is 0 Å². The number of benzene rings is 1. The van der Waals surface area contributed by atoms with Crippen molar-refractivity contribution in [2.45, 2.75) is 130 Å². The van der Waals surface area contributed by atoms with Gasteiger partial charge in [-0.15, -0.1) is 0 Å². The number of unbranched alkanes of at least 4 members (excludes halogenated alkanes) is 12. The molecular formula is C27H46O2. The van der Waals surface area contributed by atoms with Crippen LogP contribution in [-0.4, -0.2) is 5.97 Å². The van der Waals surface area contributed by atoms with E-state index in [0.29, 0.717) is 12.2 Å². The molecule has 0 N–H and O–H groups in total. The Balaban J connectivity index is 2.04. The molecule has 166 valence electrons. The first-order chi connectivity index (χ1) is 13.8. The van der Waals surface area contributed by atoms with E-state index in [1.54, 1.807) is 0 Å². The van der Waals surface area contributed by atoms with Crippen LogP contribution in [0, 0.1) is 6.92 Å². The smallest absolute Gasteiger partial charge is 0.311 e. The molecule has 0 amide bonds. The molecule has 0 aliphatic rings. The van der Waals surface area contributed by atoms with Gasteiger partial charge in [-0.1, -0.05) is 111 Å². The molecule has 0 radical (unpaired) electrons. The van der Waals surface area contributed by atoms with E-state index in [1.807, 2.05) is 12.1 Å². The number of aryl methyl sites for hydroxylation is 1. The maximum atomic E-state index is 12.1. The highest BCUT2D eigenvalue weighted by molar-refractivity contribution is 5.72. The summed E-state index contributed by atoms with van der Waals surface area (Å²) in [5.41, 5.74) is 2.60. The van der Waals surface area contributed by atoms with Crippen molar-refractivity contribution < 1.29 is 9.53 Å². The van der Waals surface area contributed by atoms with E-state index < -0.39 is 0 Å². The highest BCUT2D eigenvalue weighted by atomic mass is 16.5. The third-order valence-electron chi connectivity index (χ3n) is 5.72. The van der Waals surface area contributed by atoms with Crippen LogP contribution in [0.5, 0.6) is 5.75 Å². The van der Waals surface area contributed by atoms with E-state index in [9.17, 15) is 4.79 Å². The summed E-state index contributed by atoms with van der Waals surface area (Å²) in [5.74, 6) is 0.575. The van der Waals surface area contributed by atoms with Crippen molar-refractivity contribution >= 4 is 5.97 Å². The zero-order chi connectivity index (χ0) is 21.5. The number of hydrogen-bond donors (Lipinski definition) is 0. The number of esters is 1. The summed E-state index contributed by atoms with van der Waals surface area (Å²) in [5, 5.41) is 0. The van der Waals surface area contributed by atoms with Gasteiger partial charge in [0.2, 0.25) is 0 Å². The lowest BCUT2D eigenvalue weighted by atomic mass is 9.84. The van der Waals surface area contributed by atoms with Crippen LogP contribution < -0.4 is 4.74 Å². The predicted octanol–water partition coefficient (Wildman–Crippen LogP) is 8.68. The molecule has 0 unspecified atom stereocenters. The molecule has 0 saturated carbocycles. The lowest BCUT2D eigenvalue weighted by Crippen LogP contribution is -2.13. The maximum absolute atomic E-state index is 12.1. The molecule has 1 aromatic rings. The average molecular weight is 403 g/mol. The van der Waals surface area contributed by atoms with Crippen LogP contribution in [0.3, 0.4) is 0 Å². The first-order valence-electron chi connectivity index (χ1n) is 12.2. The molecule has 29 heavy (non-hydrogen) atoms. The van der Waals surface area contributed by atoms with Gasteiger partial charge in [-0.3, -0.25) is 4.79 Å². The molecule has 0 spiro atoms. The Hall–Kier alpha value is -1.31. The number of hydrogen-bond acceptors (Lipinski definition) is 2. The standard InChI is InChI=1S/C27H46O2/c1-6-7-8-9-10-11-12-13-14-15-16-17-18-19-26(28)29-24-20-21-25(23(2)22-24)27(3,4)5/h20-22H,6-19H2,1-5H3. The molecule has 0 aliphatic heterocycles. The third kappa shape index (κ3) is 12.1. The Kier molecular flexibility index (Phi) is 13.0. The van der Waals surface area contributed by atoms with Gasteiger partial charge in [0.15, 0.2) is 0 Å². The fraction of sp³-hybridized carbons (Fsp3) is 0.741. The minimum Gasteiger partial charge on any atom is -0.427 e. The van der Waals surface area contributed by atoms with E-state index in [1.165, 1.54) is 81.8 Å². The molecule has 0 saturated heterocycles. The molecule has 0 aliphatic carbocycles. The number of rotatable bonds is 15. The molecular weight excluding hydrogens is 356 g/mol. The molecule has 0 fully saturated rings. The Morgan fingerprint density at radius 3 is 1.72 bits per heavy atom. The SMILES string of the molecule is CCCCCCCCCCCCCCCC(=O)Oc1ccc(C(C)(C)C)c(C)c1. The van der Waals surface area contributed by atoms with Gasteiger partial charge in [0.05, 0.1) is 0 Å². The minimum atomic E-state index is -0.101. The molecule has 1 aromatic carbocycles. The second kappa shape index (κ2) is 14.6. The first kappa shape index (κ1) is 25.7. The van der Waals surface area contributed by atoms with Gasteiger partial charge in [0.25, 0.3) is 0 Å². The highest BCUT2D eigenvalue weighted by Gasteiger charge is 2.16. The van der Waals surface area contributed by atoms with Crippen molar-refractivity contribution in [3.8, 4) is 5.75 Å². The van der Waals surface area contributed by atoms with Gasteiger partial charge < -0.3 is 4.74 Å². The summed E-state index contributed by atoms with van der Waals surface area (Å²) in [4.78, 5) is 12.1. The molecule has 2 heteroatoms. The summed E-state index contributed by atoms with van der Waals surface area (Å²) in [7, 11) is 0. The Morgan fingerprint density at radius 1 is 0.793 bits per heavy atom. The second-order valence-electron chi connectivity index (χ2n) is 9.69. The summed E-state index contributed by atoms with van der Waals surface area (Å²) in [6.07, 6.45) is 17.7. The van der Waals surface area contributed by atoms with Crippen LogP contribution in [0.1, 0.15) is 129 Å². The number of carbonyl (C=O) groups is 1. The van der Waals surface area contributed by atoms with Crippen molar-refractivity contribution in [3.05, 3.63) is 29.3 Å². The highest BCUT2D eigenvalue weighted by Crippen LogP contribution is 2.28. The molecule has 0 heterocycles. The largest absolute Gasteiger partial charge is 0.427 e. The zero-order valence-electron chi connectivity index (χ0n) is 19.9. The monoisotopic (exact) mass is 402 g/mol. The van der Waals surface area contributed by atoms with Crippen molar-refractivity contribution in [2.75, 3.05) is 0 Å². The predicted molar refractivity (Wildman–Crippen MR) is 126 cm³/mol. The van der Waals surface area contributed by atoms with E-state index in [4.69, 9.17) is 4.74 Å². The van der Waals surface area contributed by atoms with Gasteiger partial charge in [0.1, 0.15) is 5.75 Å². The quantitative estimate of drug-likeness (QED) is 0.167. The summed E-state index contributed by atoms with van der Waals surface area (Å²) >= 11 is 0. The second-order valence-corrected chi connectivity index (χ2v) is 9.69. The number of ether oxygens (including phenoxy) is 1. The minimum absolute atomic E-state index is 0.101. The van der Waals surface area contributed by atoms with Crippen LogP contribution >= 0.6 is 0 Å². The van der Waals surface area contributed by atoms with Crippen molar-refractivity contribution in [1.29, 1.82) is 0 Å². The fourth-order valence-electron chi connectivity index (χ4n) is 4.01. The molecule has 0 aromatic heterocycles. The van der Waals surface area contributed by atoms with Crippen molar-refractivity contribution in [3.63, 3.8) is 0 Å². The van der Waals surface area contributed by atoms with Gasteiger partial charge in [-0.2, -0.15) is 0 Å². The van der Waals surface area contributed by atoms with Gasteiger partial charge in [0, 0.05) is 6.42 Å². The molecule has 1 rings (SSSR count). The topological polar surface area (TPSA) is 26.3 Å². The van der Waals surface area contributed by atoms with Gasteiger partial charge in [-0.25, -0.2) is 0 Å². The molecule has 2 nitrogen and oxygen atoms in total. The average Bonchev–Trinajstić information content (AvgIpc) is 2.64. The zero-order valence-corrected chi connectivity index (χ0v) is 19.9. The molecule has 0 atom stereocenters. The maximum Gasteiger partial charge on any atom is 0.311 e. The summed E-state index contributed by atoms with van der Waals surface area (Å²) < 4.78 is 5.53. The lowest BCUT2D eigenvalue weighted by Gasteiger charge is -2.22. The van der Waals surface area contributed by atoms with E-state index in [0.717, 1.165) is 12.8 Å². The normalized spacial score (nSPS) is 11.6. The third-order valence-corrected chi connectivity index (χ3v) is 5.72.